The van der Waals surface area contributed by atoms with Crippen LogP contribution >= 0.6 is 0 Å². The highest BCUT2D eigenvalue weighted by Gasteiger charge is 2.12. The number of rotatable bonds is 7. The first-order valence-corrected chi connectivity index (χ1v) is 6.67. The molecule has 4 heteroatoms. The fourth-order valence-electron chi connectivity index (χ4n) is 2.12. The highest BCUT2D eigenvalue weighted by atomic mass is 16.3. The Morgan fingerprint density at radius 2 is 1.94 bits per heavy atom. The molecular weight excluding hydrogens is 226 g/mol. The van der Waals surface area contributed by atoms with Crippen LogP contribution in [0.25, 0.3) is 0 Å². The average Bonchev–Trinajstić information content (AvgIpc) is 2.37. The summed E-state index contributed by atoms with van der Waals surface area (Å²) >= 11 is 0. The third kappa shape index (κ3) is 3.62. The molecule has 0 aliphatic heterocycles. The Hall–Kier alpha value is -1.26. The summed E-state index contributed by atoms with van der Waals surface area (Å²) in [4.78, 5) is 2.19. The molecule has 1 atom stereocenters. The predicted octanol–water partition coefficient (Wildman–Crippen LogP) is 1.98. The third-order valence-corrected chi connectivity index (χ3v) is 3.26. The highest BCUT2D eigenvalue weighted by molar-refractivity contribution is 5.53. The summed E-state index contributed by atoms with van der Waals surface area (Å²) in [5, 5.41) is 10.1. The van der Waals surface area contributed by atoms with Crippen molar-refractivity contribution in [3.8, 4) is 5.75 Å². The van der Waals surface area contributed by atoms with Gasteiger partial charge in [-0.05, 0) is 39.3 Å². The van der Waals surface area contributed by atoms with Crippen LogP contribution in [0.5, 0.6) is 5.75 Å². The SMILES string of the molecule is CCN(CC)c1ccc([C@H](N)CCCN)c(O)c1. The zero-order valence-electron chi connectivity index (χ0n) is 11.4. The van der Waals surface area contributed by atoms with Gasteiger partial charge in [-0.2, -0.15) is 0 Å². The second-order valence-corrected chi connectivity index (χ2v) is 4.45. The Morgan fingerprint density at radius 1 is 1.28 bits per heavy atom. The molecular formula is C14H25N3O. The van der Waals surface area contributed by atoms with E-state index in [2.05, 4.69) is 18.7 Å². The summed E-state index contributed by atoms with van der Waals surface area (Å²) in [6, 6.07) is 5.60. The van der Waals surface area contributed by atoms with Gasteiger partial charge in [-0.25, -0.2) is 0 Å². The first-order valence-electron chi connectivity index (χ1n) is 6.67. The molecule has 0 spiro atoms. The van der Waals surface area contributed by atoms with Gasteiger partial charge in [0.2, 0.25) is 0 Å². The van der Waals surface area contributed by atoms with Crippen molar-refractivity contribution < 1.29 is 5.11 Å². The van der Waals surface area contributed by atoms with E-state index in [1.165, 1.54) is 0 Å². The Bertz CT molecular complexity index is 364. The minimum Gasteiger partial charge on any atom is -0.508 e. The molecule has 0 saturated heterocycles. The van der Waals surface area contributed by atoms with E-state index >= 15 is 0 Å². The summed E-state index contributed by atoms with van der Waals surface area (Å²) in [5.74, 6) is 0.281. The largest absolute Gasteiger partial charge is 0.508 e. The van der Waals surface area contributed by atoms with Crippen LogP contribution in [0.1, 0.15) is 38.3 Å². The van der Waals surface area contributed by atoms with Gasteiger partial charge in [0.05, 0.1) is 0 Å². The lowest BCUT2D eigenvalue weighted by Gasteiger charge is -2.22. The molecule has 0 unspecified atom stereocenters. The number of nitrogens with zero attached hydrogens (tertiary/aromatic N) is 1. The zero-order valence-corrected chi connectivity index (χ0v) is 11.4. The van der Waals surface area contributed by atoms with Gasteiger partial charge in [-0.3, -0.25) is 0 Å². The average molecular weight is 251 g/mol. The van der Waals surface area contributed by atoms with E-state index in [0.29, 0.717) is 6.54 Å². The smallest absolute Gasteiger partial charge is 0.122 e. The molecule has 0 bridgehead atoms. The van der Waals surface area contributed by atoms with Crippen molar-refractivity contribution in [3.63, 3.8) is 0 Å². The van der Waals surface area contributed by atoms with Gasteiger partial charge in [0.1, 0.15) is 5.75 Å². The monoisotopic (exact) mass is 251 g/mol. The van der Waals surface area contributed by atoms with E-state index in [0.717, 1.165) is 37.2 Å². The lowest BCUT2D eigenvalue weighted by molar-refractivity contribution is 0.457. The molecule has 1 aromatic carbocycles. The maximum atomic E-state index is 10.1. The molecule has 1 aromatic rings. The normalized spacial score (nSPS) is 12.4. The number of nitrogens with two attached hydrogens (primary N) is 2. The Kier molecular flexibility index (Phi) is 5.95. The number of benzene rings is 1. The van der Waals surface area contributed by atoms with Gasteiger partial charge in [0.25, 0.3) is 0 Å². The van der Waals surface area contributed by atoms with E-state index in [1.807, 2.05) is 12.1 Å². The van der Waals surface area contributed by atoms with Crippen LogP contribution in [0.15, 0.2) is 18.2 Å². The fraction of sp³-hybridized carbons (Fsp3) is 0.571. The first-order chi connectivity index (χ1) is 8.63. The summed E-state index contributed by atoms with van der Waals surface area (Å²) in [7, 11) is 0. The number of anilines is 1. The van der Waals surface area contributed by atoms with Gasteiger partial charge in [-0.15, -0.1) is 0 Å². The molecule has 0 heterocycles. The zero-order chi connectivity index (χ0) is 13.5. The van der Waals surface area contributed by atoms with Gasteiger partial charge in [-0.1, -0.05) is 6.07 Å². The van der Waals surface area contributed by atoms with Crippen LogP contribution in [0, 0.1) is 0 Å². The van der Waals surface area contributed by atoms with Crippen LogP contribution in [0.4, 0.5) is 5.69 Å². The molecule has 0 radical (unpaired) electrons. The molecule has 5 N–H and O–H groups in total. The van der Waals surface area contributed by atoms with Crippen LogP contribution in [-0.2, 0) is 0 Å². The van der Waals surface area contributed by atoms with Crippen molar-refractivity contribution in [2.75, 3.05) is 24.5 Å². The summed E-state index contributed by atoms with van der Waals surface area (Å²) < 4.78 is 0. The second kappa shape index (κ2) is 7.24. The van der Waals surface area contributed by atoms with Gasteiger partial charge in [0.15, 0.2) is 0 Å². The van der Waals surface area contributed by atoms with Crippen LogP contribution < -0.4 is 16.4 Å². The topological polar surface area (TPSA) is 75.5 Å². The van der Waals surface area contributed by atoms with Gasteiger partial charge < -0.3 is 21.5 Å². The maximum absolute atomic E-state index is 10.1. The highest BCUT2D eigenvalue weighted by Crippen LogP contribution is 2.29. The van der Waals surface area contributed by atoms with Crippen LogP contribution in [-0.4, -0.2) is 24.7 Å². The van der Waals surface area contributed by atoms with E-state index in [1.54, 1.807) is 6.07 Å². The maximum Gasteiger partial charge on any atom is 0.122 e. The first kappa shape index (κ1) is 14.8. The van der Waals surface area contributed by atoms with E-state index in [4.69, 9.17) is 11.5 Å². The molecule has 4 nitrogen and oxygen atoms in total. The summed E-state index contributed by atoms with van der Waals surface area (Å²) in [6.07, 6.45) is 1.67. The number of phenols is 1. The lowest BCUT2D eigenvalue weighted by atomic mass is 10.0. The number of phenolic OH excluding ortho intramolecular Hbond substituents is 1. The van der Waals surface area contributed by atoms with Gasteiger partial charge >= 0.3 is 0 Å². The molecule has 102 valence electrons. The molecule has 0 fully saturated rings. The van der Waals surface area contributed by atoms with E-state index in [9.17, 15) is 5.11 Å². The number of hydrogen-bond donors (Lipinski definition) is 3. The molecule has 0 aromatic heterocycles. The third-order valence-electron chi connectivity index (χ3n) is 3.26. The van der Waals surface area contributed by atoms with Crippen molar-refractivity contribution >= 4 is 5.69 Å². The van der Waals surface area contributed by atoms with Crippen LogP contribution in [0.3, 0.4) is 0 Å². The summed E-state index contributed by atoms with van der Waals surface area (Å²) in [5.41, 5.74) is 13.4. The molecule has 18 heavy (non-hydrogen) atoms. The van der Waals surface area contributed by atoms with Crippen molar-refractivity contribution in [2.24, 2.45) is 11.5 Å². The molecule has 0 saturated carbocycles. The van der Waals surface area contributed by atoms with Gasteiger partial charge in [0, 0.05) is 36.4 Å². The minimum atomic E-state index is -0.140. The van der Waals surface area contributed by atoms with Crippen molar-refractivity contribution in [2.45, 2.75) is 32.7 Å². The minimum absolute atomic E-state index is 0.140. The Morgan fingerprint density at radius 3 is 2.44 bits per heavy atom. The standard InChI is InChI=1S/C14H25N3O/c1-3-17(4-2)11-7-8-12(14(18)10-11)13(16)6-5-9-15/h7-8,10,13,18H,3-6,9,15-16H2,1-2H3/t13-/m1/s1. The molecule has 0 amide bonds. The van der Waals surface area contributed by atoms with Crippen LogP contribution in [0.2, 0.25) is 0 Å². The quantitative estimate of drug-likeness (QED) is 0.692. The van der Waals surface area contributed by atoms with Crippen molar-refractivity contribution in [3.05, 3.63) is 23.8 Å². The predicted molar refractivity (Wildman–Crippen MR) is 76.9 cm³/mol. The molecule has 0 aliphatic carbocycles. The number of hydrogen-bond acceptors (Lipinski definition) is 4. The summed E-state index contributed by atoms with van der Waals surface area (Å²) in [6.45, 7) is 6.68. The number of aromatic hydroxyl groups is 1. The lowest BCUT2D eigenvalue weighted by Crippen LogP contribution is -2.22. The van der Waals surface area contributed by atoms with E-state index < -0.39 is 0 Å². The van der Waals surface area contributed by atoms with E-state index in [-0.39, 0.29) is 11.8 Å². The van der Waals surface area contributed by atoms with Crippen molar-refractivity contribution in [1.29, 1.82) is 0 Å². The molecule has 1 rings (SSSR count). The Labute approximate surface area is 110 Å². The van der Waals surface area contributed by atoms with Crippen molar-refractivity contribution in [1.82, 2.24) is 0 Å². The second-order valence-electron chi connectivity index (χ2n) is 4.45. The molecule has 0 aliphatic rings. The Balaban J connectivity index is 2.85. The fourth-order valence-corrected chi connectivity index (χ4v) is 2.12.